The van der Waals surface area contributed by atoms with Crippen LogP contribution in [0, 0.1) is 11.3 Å². The lowest BCUT2D eigenvalue weighted by molar-refractivity contribution is 0.591. The number of rotatable bonds is 6. The first-order chi connectivity index (χ1) is 10.1. The molecule has 1 atom stereocenters. The summed E-state index contributed by atoms with van der Waals surface area (Å²) in [7, 11) is -3.27. The summed E-state index contributed by atoms with van der Waals surface area (Å²) in [4.78, 5) is 0.283. The summed E-state index contributed by atoms with van der Waals surface area (Å²) < 4.78 is 24.3. The van der Waals surface area contributed by atoms with Gasteiger partial charge in [-0.05, 0) is 24.3 Å². The number of benzene rings is 1. The Balaban J connectivity index is 1.79. The minimum Gasteiger partial charge on any atom is -0.315 e. The van der Waals surface area contributed by atoms with Crippen molar-refractivity contribution in [3.05, 3.63) is 29.8 Å². The summed E-state index contributed by atoms with van der Waals surface area (Å²) in [5.41, 5.74) is 0.471. The predicted octanol–water partition coefficient (Wildman–Crippen LogP) is 1.77. The van der Waals surface area contributed by atoms with Crippen LogP contribution in [0.5, 0.6) is 0 Å². The average molecular weight is 343 g/mol. The summed E-state index contributed by atoms with van der Waals surface area (Å²) >= 11 is 3.92. The van der Waals surface area contributed by atoms with Crippen LogP contribution in [0.1, 0.15) is 5.56 Å². The highest BCUT2D eigenvalue weighted by Gasteiger charge is 2.16. The number of nitrogens with one attached hydrogen (secondary N) is 1. The topological polar surface area (TPSA) is 70.0 Å². The van der Waals surface area contributed by atoms with Crippen LogP contribution in [0.15, 0.2) is 29.2 Å². The molecule has 1 N–H and O–H groups in total. The Morgan fingerprint density at radius 2 is 2.05 bits per heavy atom. The average Bonchev–Trinajstić information content (AvgIpc) is 2.53. The summed E-state index contributed by atoms with van der Waals surface area (Å²) in [6.07, 6.45) is 0. The molecule has 0 radical (unpaired) electrons. The van der Waals surface area contributed by atoms with E-state index in [0.29, 0.717) is 17.4 Å². The van der Waals surface area contributed by atoms with E-state index in [2.05, 4.69) is 5.32 Å². The number of hydrogen-bond acceptors (Lipinski definition) is 6. The van der Waals surface area contributed by atoms with Crippen molar-refractivity contribution in [3.63, 3.8) is 0 Å². The molecule has 4 nitrogen and oxygen atoms in total. The number of thioether (sulfide) groups is 2. The third kappa shape index (κ3) is 5.22. The van der Waals surface area contributed by atoms with E-state index < -0.39 is 9.84 Å². The van der Waals surface area contributed by atoms with Gasteiger partial charge in [0, 0.05) is 35.6 Å². The summed E-state index contributed by atoms with van der Waals surface area (Å²) in [5.74, 6) is 3.62. The monoisotopic (exact) mass is 342 g/mol. The Labute approximate surface area is 134 Å². The van der Waals surface area contributed by atoms with Gasteiger partial charge in [0.05, 0.1) is 22.3 Å². The maximum atomic E-state index is 12.2. The second-order valence-corrected chi connectivity index (χ2v) is 9.39. The third-order valence-electron chi connectivity index (χ3n) is 3.15. The molecule has 0 bridgehead atoms. The maximum Gasteiger partial charge on any atom is 0.179 e. The Morgan fingerprint density at radius 1 is 1.29 bits per heavy atom. The Morgan fingerprint density at radius 3 is 2.67 bits per heavy atom. The molecule has 1 saturated heterocycles. The molecular formula is C14H18N2O2S3. The molecule has 1 heterocycles. The van der Waals surface area contributed by atoms with Crippen molar-refractivity contribution in [2.45, 2.75) is 10.1 Å². The van der Waals surface area contributed by atoms with Gasteiger partial charge in [0.25, 0.3) is 0 Å². The van der Waals surface area contributed by atoms with E-state index in [-0.39, 0.29) is 10.6 Å². The van der Waals surface area contributed by atoms with Gasteiger partial charge in [0.2, 0.25) is 0 Å². The van der Waals surface area contributed by atoms with Crippen molar-refractivity contribution < 1.29 is 8.42 Å². The highest BCUT2D eigenvalue weighted by molar-refractivity contribution is 8.06. The molecule has 0 amide bonds. The number of sulfone groups is 1. The normalized spacial score (nSPS) is 19.1. The molecule has 0 spiro atoms. The molecule has 21 heavy (non-hydrogen) atoms. The SMILES string of the molecule is N#Cc1ccc(S(=O)(=O)CCNCC2CSCCS2)cc1. The summed E-state index contributed by atoms with van der Waals surface area (Å²) in [6, 6.07) is 8.06. The first-order valence-corrected chi connectivity index (χ1v) is 10.6. The molecule has 1 aromatic rings. The zero-order valence-corrected chi connectivity index (χ0v) is 14.1. The molecule has 7 heteroatoms. The molecule has 0 aromatic heterocycles. The number of nitriles is 1. The van der Waals surface area contributed by atoms with Crippen LogP contribution in [-0.2, 0) is 9.84 Å². The van der Waals surface area contributed by atoms with Crippen LogP contribution in [0.4, 0.5) is 0 Å². The molecule has 2 rings (SSSR count). The van der Waals surface area contributed by atoms with E-state index in [4.69, 9.17) is 5.26 Å². The minimum absolute atomic E-state index is 0.0867. The Hall–Kier alpha value is -0.680. The molecular weight excluding hydrogens is 324 g/mol. The zero-order valence-electron chi connectivity index (χ0n) is 11.6. The van der Waals surface area contributed by atoms with E-state index in [1.165, 1.54) is 35.8 Å². The molecule has 1 aliphatic rings. The lowest BCUT2D eigenvalue weighted by atomic mass is 10.2. The fourth-order valence-electron chi connectivity index (χ4n) is 1.98. The van der Waals surface area contributed by atoms with Crippen LogP contribution in [-0.4, -0.2) is 49.8 Å². The van der Waals surface area contributed by atoms with Gasteiger partial charge in [-0.3, -0.25) is 0 Å². The smallest absolute Gasteiger partial charge is 0.179 e. The first kappa shape index (κ1) is 16.7. The van der Waals surface area contributed by atoms with Crippen molar-refractivity contribution >= 4 is 33.4 Å². The first-order valence-electron chi connectivity index (χ1n) is 6.75. The van der Waals surface area contributed by atoms with Gasteiger partial charge in [-0.15, -0.1) is 0 Å². The lowest BCUT2D eigenvalue weighted by Gasteiger charge is -2.21. The fraction of sp³-hybridized carbons (Fsp3) is 0.500. The highest BCUT2D eigenvalue weighted by atomic mass is 32.2. The minimum atomic E-state index is -3.27. The van der Waals surface area contributed by atoms with Crippen LogP contribution >= 0.6 is 23.5 Å². The van der Waals surface area contributed by atoms with Gasteiger partial charge >= 0.3 is 0 Å². The van der Waals surface area contributed by atoms with Crippen molar-refractivity contribution in [2.24, 2.45) is 0 Å². The van der Waals surface area contributed by atoms with Crippen LogP contribution < -0.4 is 5.32 Å². The van der Waals surface area contributed by atoms with Crippen molar-refractivity contribution in [2.75, 3.05) is 36.1 Å². The maximum absolute atomic E-state index is 12.2. The largest absolute Gasteiger partial charge is 0.315 e. The van der Waals surface area contributed by atoms with Gasteiger partial charge in [0.15, 0.2) is 9.84 Å². The van der Waals surface area contributed by atoms with E-state index in [0.717, 1.165) is 12.3 Å². The molecule has 1 aliphatic heterocycles. The Kier molecular flexibility index (Phi) is 6.42. The quantitative estimate of drug-likeness (QED) is 0.795. The third-order valence-corrected chi connectivity index (χ3v) is 7.72. The molecule has 1 aromatic carbocycles. The predicted molar refractivity (Wildman–Crippen MR) is 89.7 cm³/mol. The molecule has 1 unspecified atom stereocenters. The Bertz CT molecular complexity index is 588. The van der Waals surface area contributed by atoms with Crippen molar-refractivity contribution in [1.82, 2.24) is 5.32 Å². The van der Waals surface area contributed by atoms with Gasteiger partial charge < -0.3 is 5.32 Å². The van der Waals surface area contributed by atoms with E-state index >= 15 is 0 Å². The van der Waals surface area contributed by atoms with Gasteiger partial charge in [-0.2, -0.15) is 28.8 Å². The molecule has 114 valence electrons. The lowest BCUT2D eigenvalue weighted by Crippen LogP contribution is -2.32. The van der Waals surface area contributed by atoms with Crippen LogP contribution in [0.2, 0.25) is 0 Å². The van der Waals surface area contributed by atoms with E-state index in [1.54, 1.807) is 0 Å². The van der Waals surface area contributed by atoms with Crippen molar-refractivity contribution in [3.8, 4) is 6.07 Å². The van der Waals surface area contributed by atoms with Gasteiger partial charge in [-0.1, -0.05) is 0 Å². The highest BCUT2D eigenvalue weighted by Crippen LogP contribution is 2.23. The second-order valence-electron chi connectivity index (χ2n) is 4.73. The molecule has 1 fully saturated rings. The molecule has 0 aliphatic carbocycles. The number of nitrogens with zero attached hydrogens (tertiary/aromatic N) is 1. The molecule has 0 saturated carbocycles. The summed E-state index contributed by atoms with van der Waals surface area (Å²) in [5, 5.41) is 12.5. The van der Waals surface area contributed by atoms with Crippen LogP contribution in [0.25, 0.3) is 0 Å². The van der Waals surface area contributed by atoms with Crippen LogP contribution in [0.3, 0.4) is 0 Å². The summed E-state index contributed by atoms with van der Waals surface area (Å²) in [6.45, 7) is 1.32. The van der Waals surface area contributed by atoms with Gasteiger partial charge in [-0.25, -0.2) is 8.42 Å². The van der Waals surface area contributed by atoms with E-state index in [9.17, 15) is 8.42 Å². The standard InChI is InChI=1S/C14H18N2O2S3/c15-9-12-1-3-14(4-2-12)21(17,18)8-5-16-10-13-11-19-6-7-20-13/h1-4,13,16H,5-8,10-11H2. The van der Waals surface area contributed by atoms with Gasteiger partial charge in [0.1, 0.15) is 0 Å². The van der Waals surface area contributed by atoms with E-state index in [1.807, 2.05) is 29.6 Å². The van der Waals surface area contributed by atoms with Crippen molar-refractivity contribution in [1.29, 1.82) is 5.26 Å². The second kappa shape index (κ2) is 8.08. The number of hydrogen-bond donors (Lipinski definition) is 1. The zero-order chi connectivity index (χ0) is 15.1. The fourth-order valence-corrected chi connectivity index (χ4v) is 5.82.